The quantitative estimate of drug-likeness (QED) is 0.356. The van der Waals surface area contributed by atoms with E-state index < -0.39 is 29.3 Å². The second-order valence-electron chi connectivity index (χ2n) is 8.18. The fraction of sp³-hybridized carbons (Fsp3) is 0.333. The molecule has 0 unspecified atom stereocenters. The Bertz CT molecular complexity index is 1180. The monoisotopic (exact) mass is 493 g/mol. The van der Waals surface area contributed by atoms with Crippen LogP contribution in [0.15, 0.2) is 42.7 Å². The lowest BCUT2D eigenvalue weighted by molar-refractivity contribution is -0.137. The SMILES string of the molecule is CN(C)CCCNC(=O)c1cc(CCc2ccc(F)cc2F)nc(-c2cncc(C(F)(F)F)c2)n1. The minimum Gasteiger partial charge on any atom is -0.351 e. The summed E-state index contributed by atoms with van der Waals surface area (Å²) in [7, 11) is 3.80. The molecule has 0 bridgehead atoms. The zero-order chi connectivity index (χ0) is 25.6. The van der Waals surface area contributed by atoms with Gasteiger partial charge in [-0.25, -0.2) is 18.7 Å². The summed E-state index contributed by atoms with van der Waals surface area (Å²) in [4.78, 5) is 26.7. The Balaban J connectivity index is 1.90. The van der Waals surface area contributed by atoms with Crippen molar-refractivity contribution in [2.45, 2.75) is 25.4 Å². The Kier molecular flexibility index (Phi) is 8.44. The third-order valence-corrected chi connectivity index (χ3v) is 5.07. The van der Waals surface area contributed by atoms with Crippen LogP contribution in [0.25, 0.3) is 11.4 Å². The van der Waals surface area contributed by atoms with E-state index in [9.17, 15) is 26.7 Å². The fourth-order valence-corrected chi connectivity index (χ4v) is 3.26. The first-order valence-corrected chi connectivity index (χ1v) is 10.8. The predicted octanol–water partition coefficient (Wildman–Crippen LogP) is 4.30. The number of pyridine rings is 1. The Morgan fingerprint density at radius 2 is 1.80 bits per heavy atom. The molecule has 1 N–H and O–H groups in total. The first kappa shape index (κ1) is 26.1. The highest BCUT2D eigenvalue weighted by Crippen LogP contribution is 2.30. The highest BCUT2D eigenvalue weighted by atomic mass is 19.4. The van der Waals surface area contributed by atoms with Crippen LogP contribution in [0.4, 0.5) is 22.0 Å². The fourth-order valence-electron chi connectivity index (χ4n) is 3.26. The Morgan fingerprint density at radius 1 is 1.03 bits per heavy atom. The van der Waals surface area contributed by atoms with Crippen LogP contribution >= 0.6 is 0 Å². The molecule has 2 heterocycles. The summed E-state index contributed by atoms with van der Waals surface area (Å²) in [5.41, 5.74) is -0.480. The number of alkyl halides is 3. The van der Waals surface area contributed by atoms with Gasteiger partial charge in [0.05, 0.1) is 5.56 Å². The van der Waals surface area contributed by atoms with Crippen molar-refractivity contribution < 1.29 is 26.7 Å². The molecule has 0 radical (unpaired) electrons. The molecule has 3 aromatic rings. The van der Waals surface area contributed by atoms with Crippen LogP contribution in [0.1, 0.15) is 33.7 Å². The van der Waals surface area contributed by atoms with Crippen molar-refractivity contribution >= 4 is 5.91 Å². The van der Waals surface area contributed by atoms with Gasteiger partial charge in [0.1, 0.15) is 17.3 Å². The predicted molar refractivity (Wildman–Crippen MR) is 120 cm³/mol. The smallest absolute Gasteiger partial charge is 0.351 e. The van der Waals surface area contributed by atoms with Crippen LogP contribution in [0.5, 0.6) is 0 Å². The van der Waals surface area contributed by atoms with Gasteiger partial charge in [-0.3, -0.25) is 9.78 Å². The van der Waals surface area contributed by atoms with Gasteiger partial charge in [-0.2, -0.15) is 13.2 Å². The van der Waals surface area contributed by atoms with Crippen LogP contribution in [0.3, 0.4) is 0 Å². The molecule has 0 aliphatic carbocycles. The molecule has 0 fully saturated rings. The van der Waals surface area contributed by atoms with Gasteiger partial charge in [0.2, 0.25) is 0 Å². The summed E-state index contributed by atoms with van der Waals surface area (Å²) in [6.45, 7) is 1.12. The second-order valence-corrected chi connectivity index (χ2v) is 8.18. The third-order valence-electron chi connectivity index (χ3n) is 5.07. The number of carbonyl (C=O) groups excluding carboxylic acids is 1. The number of hydrogen-bond acceptors (Lipinski definition) is 5. The van der Waals surface area contributed by atoms with Gasteiger partial charge < -0.3 is 10.2 Å². The van der Waals surface area contributed by atoms with Crippen molar-refractivity contribution in [1.82, 2.24) is 25.2 Å². The molecule has 0 saturated carbocycles. The lowest BCUT2D eigenvalue weighted by Crippen LogP contribution is -2.28. The summed E-state index contributed by atoms with van der Waals surface area (Å²) in [5, 5.41) is 2.73. The summed E-state index contributed by atoms with van der Waals surface area (Å²) in [6.07, 6.45) is -1.80. The number of benzene rings is 1. The zero-order valence-corrected chi connectivity index (χ0v) is 19.2. The molecule has 11 heteroatoms. The lowest BCUT2D eigenvalue weighted by atomic mass is 10.1. The molecule has 0 aliphatic rings. The summed E-state index contributed by atoms with van der Waals surface area (Å²) in [6, 6.07) is 5.46. The minimum absolute atomic E-state index is 0.0173. The average molecular weight is 493 g/mol. The highest BCUT2D eigenvalue weighted by Gasteiger charge is 2.31. The number of nitrogens with zero attached hydrogens (tertiary/aromatic N) is 4. The van der Waals surface area contributed by atoms with Gasteiger partial charge in [-0.1, -0.05) is 6.07 Å². The molecule has 0 saturated heterocycles. The van der Waals surface area contributed by atoms with Crippen molar-refractivity contribution in [3.05, 3.63) is 76.9 Å². The van der Waals surface area contributed by atoms with Crippen LogP contribution in [0.2, 0.25) is 0 Å². The van der Waals surface area contributed by atoms with E-state index in [2.05, 4.69) is 20.3 Å². The van der Waals surface area contributed by atoms with Crippen LogP contribution in [-0.4, -0.2) is 52.9 Å². The van der Waals surface area contributed by atoms with Crippen LogP contribution < -0.4 is 5.32 Å². The molecule has 0 atom stereocenters. The molecule has 6 nitrogen and oxygen atoms in total. The lowest BCUT2D eigenvalue weighted by Gasteiger charge is -2.12. The van der Waals surface area contributed by atoms with Gasteiger partial charge >= 0.3 is 6.18 Å². The molecule has 0 aliphatic heterocycles. The molecule has 0 spiro atoms. The van der Waals surface area contributed by atoms with Crippen LogP contribution in [-0.2, 0) is 19.0 Å². The average Bonchev–Trinajstić information content (AvgIpc) is 2.80. The number of aryl methyl sites for hydroxylation is 2. The van der Waals surface area contributed by atoms with Gasteiger partial charge in [0.15, 0.2) is 5.82 Å². The third kappa shape index (κ3) is 7.51. The Morgan fingerprint density at radius 3 is 2.49 bits per heavy atom. The molecule has 2 aromatic heterocycles. The van der Waals surface area contributed by atoms with Crippen molar-refractivity contribution in [3.63, 3.8) is 0 Å². The van der Waals surface area contributed by atoms with E-state index in [1.54, 1.807) is 0 Å². The molecule has 1 amide bonds. The number of aromatic nitrogens is 3. The normalized spacial score (nSPS) is 11.7. The number of hydrogen-bond donors (Lipinski definition) is 1. The Labute approximate surface area is 199 Å². The molecular formula is C24H24F5N5O. The van der Waals surface area contributed by atoms with Crippen LogP contribution in [0, 0.1) is 11.6 Å². The zero-order valence-electron chi connectivity index (χ0n) is 19.2. The topological polar surface area (TPSA) is 71.0 Å². The van der Waals surface area contributed by atoms with Gasteiger partial charge in [-0.15, -0.1) is 0 Å². The summed E-state index contributed by atoms with van der Waals surface area (Å²) in [5.74, 6) is -2.05. The highest BCUT2D eigenvalue weighted by molar-refractivity contribution is 5.92. The summed E-state index contributed by atoms with van der Waals surface area (Å²) >= 11 is 0. The number of amides is 1. The maximum atomic E-state index is 14.0. The summed E-state index contributed by atoms with van der Waals surface area (Å²) < 4.78 is 66.7. The molecular weight excluding hydrogens is 469 g/mol. The largest absolute Gasteiger partial charge is 0.417 e. The maximum Gasteiger partial charge on any atom is 0.417 e. The van der Waals surface area contributed by atoms with Gasteiger partial charge in [-0.05, 0) is 63.7 Å². The number of rotatable bonds is 9. The van der Waals surface area contributed by atoms with E-state index >= 15 is 0 Å². The number of carbonyl (C=O) groups is 1. The minimum atomic E-state index is -4.62. The van der Waals surface area contributed by atoms with Gasteiger partial charge in [0, 0.05) is 36.3 Å². The first-order chi connectivity index (χ1) is 16.5. The second kappa shape index (κ2) is 11.3. The van der Waals surface area contributed by atoms with E-state index in [0.717, 1.165) is 24.7 Å². The van der Waals surface area contributed by atoms with E-state index in [4.69, 9.17) is 0 Å². The standard InChI is InChI=1S/C24H24F5N5O/c1-34(2)9-3-8-31-23(35)21-12-19(7-5-15-4-6-18(25)11-20(15)26)32-22(33-21)16-10-17(14-30-13-16)24(27,28)29/h4,6,10-14H,3,5,7-9H2,1-2H3,(H,31,35). The molecule has 1 aromatic carbocycles. The van der Waals surface area contributed by atoms with Crippen molar-refractivity contribution in [1.29, 1.82) is 0 Å². The van der Waals surface area contributed by atoms with E-state index in [1.165, 1.54) is 18.3 Å². The van der Waals surface area contributed by atoms with E-state index in [0.29, 0.717) is 24.9 Å². The van der Waals surface area contributed by atoms with Crippen molar-refractivity contribution in [2.24, 2.45) is 0 Å². The first-order valence-electron chi connectivity index (χ1n) is 10.8. The molecule has 35 heavy (non-hydrogen) atoms. The number of halogens is 5. The van der Waals surface area contributed by atoms with Gasteiger partial charge in [0.25, 0.3) is 5.91 Å². The van der Waals surface area contributed by atoms with Crippen molar-refractivity contribution in [2.75, 3.05) is 27.2 Å². The molecule has 3 rings (SSSR count). The van der Waals surface area contributed by atoms with E-state index in [-0.39, 0.29) is 35.5 Å². The Hall–Kier alpha value is -3.47. The number of nitrogens with one attached hydrogen (secondary N) is 1. The maximum absolute atomic E-state index is 14.0. The van der Waals surface area contributed by atoms with E-state index in [1.807, 2.05) is 19.0 Å². The molecule has 186 valence electrons. The van der Waals surface area contributed by atoms with Crippen molar-refractivity contribution in [3.8, 4) is 11.4 Å².